The first-order valence-electron chi connectivity index (χ1n) is 9.31. The minimum absolute atomic E-state index is 0.108. The lowest BCUT2D eigenvalue weighted by atomic mass is 9.94. The Morgan fingerprint density at radius 1 is 0.903 bits per heavy atom. The molecule has 0 radical (unpaired) electrons. The molecule has 1 heterocycles. The highest BCUT2D eigenvalue weighted by atomic mass is 19.4. The van der Waals surface area contributed by atoms with Crippen molar-refractivity contribution in [1.29, 1.82) is 0 Å². The Bertz CT molecular complexity index is 1020. The molecule has 2 aromatic carbocycles. The number of alkyl halides is 3. The summed E-state index contributed by atoms with van der Waals surface area (Å²) in [6.45, 7) is -0.125. The molecule has 3 rings (SSSR count). The highest BCUT2D eigenvalue weighted by Gasteiger charge is 2.45. The van der Waals surface area contributed by atoms with Gasteiger partial charge < -0.3 is 23.8 Å². The molecular formula is C22H22F3NO5. The van der Waals surface area contributed by atoms with Crippen LogP contribution in [0.5, 0.6) is 23.0 Å². The zero-order chi connectivity index (χ0) is 22.8. The number of fused-ring (bicyclic) bond motifs is 1. The normalized spacial score (nSPS) is 14.8. The van der Waals surface area contributed by atoms with Gasteiger partial charge in [0.15, 0.2) is 23.0 Å². The third-order valence-electron chi connectivity index (χ3n) is 4.98. The van der Waals surface area contributed by atoms with Crippen LogP contribution in [0.4, 0.5) is 13.2 Å². The van der Waals surface area contributed by atoms with E-state index >= 15 is 0 Å². The van der Waals surface area contributed by atoms with Crippen LogP contribution < -0.4 is 18.9 Å². The van der Waals surface area contributed by atoms with Crippen LogP contribution in [0.25, 0.3) is 11.8 Å². The Kier molecular flexibility index (Phi) is 6.33. The first-order chi connectivity index (χ1) is 14.7. The summed E-state index contributed by atoms with van der Waals surface area (Å²) in [5.41, 5.74) is 1.85. The topological polar surface area (TPSA) is 57.2 Å². The predicted octanol–water partition coefficient (Wildman–Crippen LogP) is 4.17. The molecular weight excluding hydrogens is 415 g/mol. The van der Waals surface area contributed by atoms with Gasteiger partial charge in [0.25, 0.3) is 0 Å². The molecule has 0 saturated carbocycles. The Morgan fingerprint density at radius 3 is 2.06 bits per heavy atom. The molecule has 0 fully saturated rings. The van der Waals surface area contributed by atoms with Crippen LogP contribution in [0, 0.1) is 0 Å². The summed E-state index contributed by atoms with van der Waals surface area (Å²) in [4.78, 5) is 12.9. The maximum Gasteiger partial charge on any atom is 0.471 e. The Labute approximate surface area is 177 Å². The molecule has 6 nitrogen and oxygen atoms in total. The summed E-state index contributed by atoms with van der Waals surface area (Å²) in [6.07, 6.45) is -3.26. The summed E-state index contributed by atoms with van der Waals surface area (Å²) >= 11 is 0. The Morgan fingerprint density at radius 2 is 1.48 bits per heavy atom. The van der Waals surface area contributed by atoms with E-state index in [1.165, 1.54) is 34.5 Å². The van der Waals surface area contributed by atoms with E-state index < -0.39 is 12.1 Å². The van der Waals surface area contributed by atoms with Crippen molar-refractivity contribution in [3.63, 3.8) is 0 Å². The lowest BCUT2D eigenvalue weighted by Crippen LogP contribution is -2.43. The Hall–Kier alpha value is -3.36. The van der Waals surface area contributed by atoms with E-state index in [1.54, 1.807) is 30.3 Å². The van der Waals surface area contributed by atoms with E-state index in [9.17, 15) is 18.0 Å². The van der Waals surface area contributed by atoms with Gasteiger partial charge in [-0.1, -0.05) is 6.07 Å². The minimum Gasteiger partial charge on any atom is -0.493 e. The second kappa shape index (κ2) is 8.79. The van der Waals surface area contributed by atoms with E-state index in [0.717, 1.165) is 10.5 Å². The maximum atomic E-state index is 13.3. The number of rotatable bonds is 5. The molecule has 31 heavy (non-hydrogen) atoms. The number of hydrogen-bond donors (Lipinski definition) is 0. The van der Waals surface area contributed by atoms with Gasteiger partial charge in [0.05, 0.1) is 34.1 Å². The number of amides is 1. The van der Waals surface area contributed by atoms with Gasteiger partial charge in [-0.05, 0) is 47.9 Å². The van der Waals surface area contributed by atoms with Crippen molar-refractivity contribution in [2.45, 2.75) is 12.6 Å². The highest BCUT2D eigenvalue weighted by Crippen LogP contribution is 2.40. The summed E-state index contributed by atoms with van der Waals surface area (Å²) in [5.74, 6) is -0.236. The molecule has 0 spiro atoms. The van der Waals surface area contributed by atoms with Gasteiger partial charge in [0, 0.05) is 12.1 Å². The van der Waals surface area contributed by atoms with Crippen molar-refractivity contribution in [3.8, 4) is 23.0 Å². The molecule has 1 amide bonds. The van der Waals surface area contributed by atoms with Crippen LogP contribution in [-0.2, 0) is 11.2 Å². The third-order valence-corrected chi connectivity index (χ3v) is 4.98. The van der Waals surface area contributed by atoms with E-state index in [1.807, 2.05) is 0 Å². The van der Waals surface area contributed by atoms with Crippen LogP contribution in [-0.4, -0.2) is 52.0 Å². The third kappa shape index (κ3) is 4.40. The molecule has 166 valence electrons. The van der Waals surface area contributed by atoms with Crippen molar-refractivity contribution in [2.24, 2.45) is 0 Å². The van der Waals surface area contributed by atoms with Crippen LogP contribution in [0.2, 0.25) is 0 Å². The number of methoxy groups -OCH3 is 4. The molecule has 0 bridgehead atoms. The zero-order valence-electron chi connectivity index (χ0n) is 17.5. The number of halogens is 3. The lowest BCUT2D eigenvalue weighted by molar-refractivity contribution is -0.181. The summed E-state index contributed by atoms with van der Waals surface area (Å²) in [6, 6.07) is 8.22. The fourth-order valence-electron chi connectivity index (χ4n) is 3.48. The second-order valence-electron chi connectivity index (χ2n) is 6.71. The molecule has 0 atom stereocenters. The predicted molar refractivity (Wildman–Crippen MR) is 108 cm³/mol. The number of carbonyl (C=O) groups excluding carboxylic acids is 1. The summed E-state index contributed by atoms with van der Waals surface area (Å²) in [5, 5.41) is 0. The van der Waals surface area contributed by atoms with E-state index in [-0.39, 0.29) is 18.7 Å². The van der Waals surface area contributed by atoms with Crippen molar-refractivity contribution in [2.75, 3.05) is 35.0 Å². The van der Waals surface area contributed by atoms with Crippen LogP contribution in [0.15, 0.2) is 30.3 Å². The largest absolute Gasteiger partial charge is 0.493 e. The minimum atomic E-state index is -5.01. The van der Waals surface area contributed by atoms with E-state index in [4.69, 9.17) is 18.9 Å². The quantitative estimate of drug-likeness (QED) is 0.703. The molecule has 1 aliphatic rings. The average molecular weight is 437 g/mol. The Balaban J connectivity index is 2.20. The van der Waals surface area contributed by atoms with Crippen molar-refractivity contribution < 1.29 is 36.9 Å². The highest BCUT2D eigenvalue weighted by molar-refractivity contribution is 5.96. The molecule has 0 saturated heterocycles. The van der Waals surface area contributed by atoms with Gasteiger partial charge in [-0.3, -0.25) is 4.79 Å². The fourth-order valence-corrected chi connectivity index (χ4v) is 3.48. The van der Waals surface area contributed by atoms with Gasteiger partial charge in [-0.2, -0.15) is 13.2 Å². The molecule has 0 N–H and O–H groups in total. The molecule has 1 aliphatic heterocycles. The molecule has 0 unspecified atom stereocenters. The van der Waals surface area contributed by atoms with Crippen molar-refractivity contribution >= 4 is 17.7 Å². The first-order valence-corrected chi connectivity index (χ1v) is 9.31. The number of benzene rings is 2. The van der Waals surface area contributed by atoms with Crippen molar-refractivity contribution in [1.82, 2.24) is 4.90 Å². The SMILES string of the molecule is COc1ccc(/C=C2\c3cc(OC)c(OC)cc3CCN2C(=O)C(F)(F)F)cc1OC. The lowest BCUT2D eigenvalue weighted by Gasteiger charge is -2.33. The molecule has 2 aromatic rings. The average Bonchev–Trinajstić information content (AvgIpc) is 2.77. The zero-order valence-corrected chi connectivity index (χ0v) is 17.5. The fraction of sp³-hybridized carbons (Fsp3) is 0.318. The first kappa shape index (κ1) is 22.3. The number of nitrogens with zero attached hydrogens (tertiary/aromatic N) is 1. The maximum absolute atomic E-state index is 13.3. The van der Waals surface area contributed by atoms with Crippen LogP contribution in [0.3, 0.4) is 0 Å². The molecule has 0 aromatic heterocycles. The van der Waals surface area contributed by atoms with Crippen LogP contribution >= 0.6 is 0 Å². The van der Waals surface area contributed by atoms with Crippen LogP contribution in [0.1, 0.15) is 16.7 Å². The number of ether oxygens (including phenoxy) is 4. The van der Waals surface area contributed by atoms with Gasteiger partial charge >= 0.3 is 12.1 Å². The number of hydrogen-bond acceptors (Lipinski definition) is 5. The van der Waals surface area contributed by atoms with E-state index in [0.29, 0.717) is 34.1 Å². The monoisotopic (exact) mass is 437 g/mol. The molecule has 9 heteroatoms. The summed E-state index contributed by atoms with van der Waals surface area (Å²) < 4.78 is 61.0. The van der Waals surface area contributed by atoms with Gasteiger partial charge in [0.1, 0.15) is 0 Å². The number of carbonyl (C=O) groups is 1. The molecule has 0 aliphatic carbocycles. The smallest absolute Gasteiger partial charge is 0.471 e. The van der Waals surface area contributed by atoms with Crippen molar-refractivity contribution in [3.05, 3.63) is 47.0 Å². The standard InChI is InChI=1S/C22H22F3NO5/c1-28-17-6-5-13(10-18(17)29-2)9-16-15-12-20(31-4)19(30-3)11-14(15)7-8-26(16)21(27)22(23,24)25/h5-6,9-12H,7-8H2,1-4H3/b16-9+. The summed E-state index contributed by atoms with van der Waals surface area (Å²) in [7, 11) is 5.86. The second-order valence-corrected chi connectivity index (χ2v) is 6.71. The van der Waals surface area contributed by atoms with Gasteiger partial charge in [0.2, 0.25) is 0 Å². The van der Waals surface area contributed by atoms with Gasteiger partial charge in [-0.25, -0.2) is 0 Å². The van der Waals surface area contributed by atoms with E-state index in [2.05, 4.69) is 0 Å². The van der Waals surface area contributed by atoms with Gasteiger partial charge in [-0.15, -0.1) is 0 Å².